The number of aromatic hydroxyl groups is 1. The van der Waals surface area contributed by atoms with E-state index in [4.69, 9.17) is 0 Å². The molecule has 2 aromatic carbocycles. The molecule has 2 atom stereocenters. The standard InChI is InChI=1S/C17H19NO4/c1-11(19)18-10-16(21)17(22)14-4-2-12(3-5-14)13-6-8-15(20)9-7-13/h2-9,16-17,20-22H,10H2,1H3,(H,18,19). The second-order valence-corrected chi connectivity index (χ2v) is 5.12. The molecular weight excluding hydrogens is 282 g/mol. The first-order valence-corrected chi connectivity index (χ1v) is 6.97. The zero-order valence-corrected chi connectivity index (χ0v) is 12.2. The summed E-state index contributed by atoms with van der Waals surface area (Å²) in [6, 6.07) is 13.9. The summed E-state index contributed by atoms with van der Waals surface area (Å²) >= 11 is 0. The largest absolute Gasteiger partial charge is 0.508 e. The van der Waals surface area contributed by atoms with Crippen molar-refractivity contribution in [3.63, 3.8) is 0 Å². The maximum atomic E-state index is 10.8. The number of benzene rings is 2. The molecule has 0 heterocycles. The highest BCUT2D eigenvalue weighted by molar-refractivity contribution is 5.72. The van der Waals surface area contributed by atoms with Crippen LogP contribution in [0.25, 0.3) is 11.1 Å². The van der Waals surface area contributed by atoms with Gasteiger partial charge in [-0.25, -0.2) is 0 Å². The monoisotopic (exact) mass is 301 g/mol. The van der Waals surface area contributed by atoms with E-state index in [1.807, 2.05) is 12.1 Å². The van der Waals surface area contributed by atoms with Crippen molar-refractivity contribution in [1.82, 2.24) is 5.32 Å². The lowest BCUT2D eigenvalue weighted by Crippen LogP contribution is -2.34. The van der Waals surface area contributed by atoms with E-state index < -0.39 is 12.2 Å². The molecule has 22 heavy (non-hydrogen) atoms. The lowest BCUT2D eigenvalue weighted by molar-refractivity contribution is -0.119. The van der Waals surface area contributed by atoms with Crippen molar-refractivity contribution in [3.05, 3.63) is 54.1 Å². The third kappa shape index (κ3) is 4.07. The number of rotatable bonds is 5. The van der Waals surface area contributed by atoms with Crippen LogP contribution in [-0.4, -0.2) is 33.9 Å². The quantitative estimate of drug-likeness (QED) is 0.675. The Labute approximate surface area is 128 Å². The van der Waals surface area contributed by atoms with Crippen LogP contribution in [0.2, 0.25) is 0 Å². The van der Waals surface area contributed by atoms with Crippen molar-refractivity contribution in [2.24, 2.45) is 0 Å². The Bertz CT molecular complexity index is 622. The maximum absolute atomic E-state index is 10.8. The number of hydrogen-bond donors (Lipinski definition) is 4. The molecule has 2 unspecified atom stereocenters. The number of amides is 1. The average molecular weight is 301 g/mol. The Hall–Kier alpha value is -2.37. The van der Waals surface area contributed by atoms with E-state index in [0.717, 1.165) is 11.1 Å². The Morgan fingerprint density at radius 3 is 2.00 bits per heavy atom. The highest BCUT2D eigenvalue weighted by Crippen LogP contribution is 2.24. The summed E-state index contributed by atoms with van der Waals surface area (Å²) in [6.45, 7) is 1.35. The molecule has 0 aliphatic heterocycles. The summed E-state index contributed by atoms with van der Waals surface area (Å²) in [7, 11) is 0. The van der Waals surface area contributed by atoms with Crippen molar-refractivity contribution < 1.29 is 20.1 Å². The summed E-state index contributed by atoms with van der Waals surface area (Å²) in [6.07, 6.45) is -2.14. The minimum absolute atomic E-state index is 0.00376. The Morgan fingerprint density at radius 2 is 1.50 bits per heavy atom. The highest BCUT2D eigenvalue weighted by Gasteiger charge is 2.18. The second kappa shape index (κ2) is 7.06. The number of aliphatic hydroxyl groups excluding tert-OH is 2. The lowest BCUT2D eigenvalue weighted by Gasteiger charge is -2.18. The van der Waals surface area contributed by atoms with E-state index in [1.165, 1.54) is 6.92 Å². The molecule has 0 bridgehead atoms. The zero-order chi connectivity index (χ0) is 16.1. The number of nitrogens with one attached hydrogen (secondary N) is 1. The summed E-state index contributed by atoms with van der Waals surface area (Å²) in [5.74, 6) is -0.0502. The van der Waals surface area contributed by atoms with Crippen molar-refractivity contribution in [1.29, 1.82) is 0 Å². The highest BCUT2D eigenvalue weighted by atomic mass is 16.3. The predicted octanol–water partition coefficient (Wildman–Crippen LogP) is 1.59. The molecule has 2 rings (SSSR count). The minimum Gasteiger partial charge on any atom is -0.508 e. The van der Waals surface area contributed by atoms with Gasteiger partial charge in [-0.3, -0.25) is 4.79 Å². The molecule has 0 saturated heterocycles. The fourth-order valence-electron chi connectivity index (χ4n) is 2.11. The van der Waals surface area contributed by atoms with Gasteiger partial charge in [0.15, 0.2) is 0 Å². The van der Waals surface area contributed by atoms with Crippen LogP contribution in [0.4, 0.5) is 0 Å². The zero-order valence-electron chi connectivity index (χ0n) is 12.2. The number of phenols is 1. The van der Waals surface area contributed by atoms with Crippen LogP contribution in [0.5, 0.6) is 5.75 Å². The van der Waals surface area contributed by atoms with Crippen LogP contribution < -0.4 is 5.32 Å². The van der Waals surface area contributed by atoms with E-state index >= 15 is 0 Å². The van der Waals surface area contributed by atoms with Crippen molar-refractivity contribution in [2.45, 2.75) is 19.1 Å². The van der Waals surface area contributed by atoms with Crippen molar-refractivity contribution in [3.8, 4) is 16.9 Å². The minimum atomic E-state index is -1.07. The molecule has 0 aromatic heterocycles. The average Bonchev–Trinajstić information content (AvgIpc) is 2.53. The van der Waals surface area contributed by atoms with Crippen molar-refractivity contribution in [2.75, 3.05) is 6.54 Å². The van der Waals surface area contributed by atoms with Gasteiger partial charge in [0.05, 0.1) is 0 Å². The molecule has 0 aliphatic rings. The number of carbonyl (C=O) groups excluding carboxylic acids is 1. The fraction of sp³-hybridized carbons (Fsp3) is 0.235. The van der Waals surface area contributed by atoms with Crippen LogP contribution in [0.3, 0.4) is 0 Å². The first-order chi connectivity index (χ1) is 10.5. The number of phenolic OH excluding ortho intramolecular Hbond substituents is 1. The molecule has 5 nitrogen and oxygen atoms in total. The molecule has 2 aromatic rings. The number of carbonyl (C=O) groups is 1. The van der Waals surface area contributed by atoms with Crippen molar-refractivity contribution >= 4 is 5.91 Å². The maximum Gasteiger partial charge on any atom is 0.216 e. The van der Waals surface area contributed by atoms with Crippen LogP contribution in [0.1, 0.15) is 18.6 Å². The smallest absolute Gasteiger partial charge is 0.216 e. The summed E-state index contributed by atoms with van der Waals surface area (Å²) in [5, 5.41) is 31.7. The van der Waals surface area contributed by atoms with E-state index in [1.54, 1.807) is 36.4 Å². The number of hydrogen-bond acceptors (Lipinski definition) is 4. The first kappa shape index (κ1) is 16.0. The predicted molar refractivity (Wildman–Crippen MR) is 83.2 cm³/mol. The normalized spacial score (nSPS) is 13.4. The van der Waals surface area contributed by atoms with Gasteiger partial charge in [-0.15, -0.1) is 0 Å². The molecule has 5 heteroatoms. The Balaban J connectivity index is 2.07. The van der Waals surface area contributed by atoms with Crippen LogP contribution >= 0.6 is 0 Å². The molecule has 0 radical (unpaired) electrons. The van der Waals surface area contributed by atoms with Crippen LogP contribution in [0.15, 0.2) is 48.5 Å². The fourth-order valence-corrected chi connectivity index (χ4v) is 2.11. The molecule has 0 saturated carbocycles. The SMILES string of the molecule is CC(=O)NCC(O)C(O)c1ccc(-c2ccc(O)cc2)cc1. The molecule has 1 amide bonds. The Morgan fingerprint density at radius 1 is 1.00 bits per heavy atom. The molecule has 4 N–H and O–H groups in total. The van der Waals surface area contributed by atoms with Crippen LogP contribution in [-0.2, 0) is 4.79 Å². The van der Waals surface area contributed by atoms with Gasteiger partial charge in [-0.2, -0.15) is 0 Å². The Kier molecular flexibility index (Phi) is 5.14. The van der Waals surface area contributed by atoms with Gasteiger partial charge in [-0.05, 0) is 28.8 Å². The van der Waals surface area contributed by atoms with E-state index in [2.05, 4.69) is 5.32 Å². The van der Waals surface area contributed by atoms with Gasteiger partial charge in [-0.1, -0.05) is 36.4 Å². The molecule has 116 valence electrons. The van der Waals surface area contributed by atoms with E-state index in [0.29, 0.717) is 5.56 Å². The summed E-state index contributed by atoms with van der Waals surface area (Å²) in [5.41, 5.74) is 2.45. The molecular formula is C17H19NO4. The topological polar surface area (TPSA) is 89.8 Å². The van der Waals surface area contributed by atoms with Crippen LogP contribution in [0, 0.1) is 0 Å². The van der Waals surface area contributed by atoms with E-state index in [-0.39, 0.29) is 18.2 Å². The third-order valence-corrected chi connectivity index (χ3v) is 3.38. The van der Waals surface area contributed by atoms with Gasteiger partial charge >= 0.3 is 0 Å². The first-order valence-electron chi connectivity index (χ1n) is 6.97. The summed E-state index contributed by atoms with van der Waals surface area (Å²) < 4.78 is 0. The third-order valence-electron chi connectivity index (χ3n) is 3.38. The van der Waals surface area contributed by atoms with Gasteiger partial charge in [0.1, 0.15) is 18.0 Å². The molecule has 0 aliphatic carbocycles. The summed E-state index contributed by atoms with van der Waals surface area (Å²) in [4.78, 5) is 10.8. The van der Waals surface area contributed by atoms with Gasteiger partial charge in [0, 0.05) is 13.5 Å². The van der Waals surface area contributed by atoms with Gasteiger partial charge in [0.25, 0.3) is 0 Å². The van der Waals surface area contributed by atoms with Gasteiger partial charge in [0.2, 0.25) is 5.91 Å². The molecule has 0 fully saturated rings. The number of aliphatic hydroxyl groups is 2. The second-order valence-electron chi connectivity index (χ2n) is 5.12. The van der Waals surface area contributed by atoms with E-state index in [9.17, 15) is 20.1 Å². The molecule has 0 spiro atoms. The van der Waals surface area contributed by atoms with Gasteiger partial charge < -0.3 is 20.6 Å². The lowest BCUT2D eigenvalue weighted by atomic mass is 9.99.